The van der Waals surface area contributed by atoms with E-state index >= 15 is 0 Å². The molecule has 0 aliphatic rings. The fraction of sp³-hybridized carbons (Fsp3) is 0.739. The van der Waals surface area contributed by atoms with Gasteiger partial charge in [0.15, 0.2) is 6.23 Å². The van der Waals surface area contributed by atoms with Gasteiger partial charge in [0.2, 0.25) is 0 Å². The molecule has 0 heterocycles. The topological polar surface area (TPSA) is 32.7 Å². The Morgan fingerprint density at radius 1 is 0.769 bits per heavy atom. The van der Waals surface area contributed by atoms with E-state index in [4.69, 9.17) is 4.84 Å². The Hall–Kier alpha value is -1.06. The van der Waals surface area contributed by atoms with Crippen molar-refractivity contribution in [3.63, 3.8) is 0 Å². The summed E-state index contributed by atoms with van der Waals surface area (Å²) in [6.45, 7) is 4.91. The number of benzene rings is 1. The average molecular weight is 364 g/mol. The van der Waals surface area contributed by atoms with Gasteiger partial charge >= 0.3 is 0 Å². The van der Waals surface area contributed by atoms with E-state index in [-0.39, 0.29) is 0 Å². The first-order valence-electron chi connectivity index (χ1n) is 10.9. The van der Waals surface area contributed by atoms with Crippen molar-refractivity contribution in [2.75, 3.05) is 11.7 Å². The summed E-state index contributed by atoms with van der Waals surface area (Å²) in [4.78, 5) is 5.86. The summed E-state index contributed by atoms with van der Waals surface area (Å²) in [5, 5.41) is 11.8. The van der Waals surface area contributed by atoms with Crippen molar-refractivity contribution >= 4 is 5.69 Å². The minimum atomic E-state index is -0.588. The number of aliphatic hydroxyl groups is 1. The second kappa shape index (κ2) is 16.1. The molecule has 1 aromatic rings. The molecule has 0 fully saturated rings. The lowest BCUT2D eigenvalue weighted by Gasteiger charge is -2.28. The third-order valence-corrected chi connectivity index (χ3v) is 4.87. The van der Waals surface area contributed by atoms with E-state index in [1.807, 2.05) is 37.3 Å². The van der Waals surface area contributed by atoms with Crippen molar-refractivity contribution in [1.29, 1.82) is 0 Å². The van der Waals surface area contributed by atoms with Crippen LogP contribution in [0.15, 0.2) is 30.3 Å². The van der Waals surface area contributed by atoms with Gasteiger partial charge < -0.3 is 5.11 Å². The van der Waals surface area contributed by atoms with Crippen LogP contribution in [0.5, 0.6) is 0 Å². The minimum Gasteiger partial charge on any atom is -0.371 e. The van der Waals surface area contributed by atoms with Crippen molar-refractivity contribution in [3.05, 3.63) is 30.3 Å². The maximum absolute atomic E-state index is 10.2. The highest BCUT2D eigenvalue weighted by molar-refractivity contribution is 5.43. The molecule has 1 N–H and O–H groups in total. The SMILES string of the molecule is CCCCCCCCCCCCCCON(c1ccccc1)C(O)CC. The van der Waals surface area contributed by atoms with Crippen LogP contribution in [0, 0.1) is 0 Å². The van der Waals surface area contributed by atoms with Gasteiger partial charge in [-0.25, -0.2) is 5.06 Å². The van der Waals surface area contributed by atoms with Crippen molar-refractivity contribution < 1.29 is 9.94 Å². The van der Waals surface area contributed by atoms with Crippen molar-refractivity contribution in [2.45, 2.75) is 104 Å². The Balaban J connectivity index is 2.01. The molecule has 1 rings (SSSR count). The summed E-state index contributed by atoms with van der Waals surface area (Å²) in [6.07, 6.45) is 16.1. The summed E-state index contributed by atoms with van der Waals surface area (Å²) in [5.74, 6) is 0. The first kappa shape index (κ1) is 23.0. The highest BCUT2D eigenvalue weighted by Gasteiger charge is 2.14. The highest BCUT2D eigenvalue weighted by atomic mass is 16.7. The number of hydrogen-bond acceptors (Lipinski definition) is 3. The lowest BCUT2D eigenvalue weighted by atomic mass is 10.1. The standard InChI is InChI=1S/C23H41NO2/c1-3-5-6-7-8-9-10-11-12-13-14-18-21-26-24(23(25)4-2)22-19-16-15-17-20-22/h15-17,19-20,23,25H,3-14,18,21H2,1-2H3. The summed E-state index contributed by atoms with van der Waals surface area (Å²) >= 11 is 0. The first-order valence-corrected chi connectivity index (χ1v) is 10.9. The third-order valence-electron chi connectivity index (χ3n) is 4.87. The van der Waals surface area contributed by atoms with Crippen LogP contribution in [-0.4, -0.2) is 17.9 Å². The molecule has 0 aromatic heterocycles. The van der Waals surface area contributed by atoms with E-state index in [0.29, 0.717) is 13.0 Å². The van der Waals surface area contributed by atoms with E-state index < -0.39 is 6.23 Å². The Morgan fingerprint density at radius 2 is 1.27 bits per heavy atom. The summed E-state index contributed by atoms with van der Waals surface area (Å²) in [6, 6.07) is 9.86. The van der Waals surface area contributed by atoms with Gasteiger partial charge in [-0.2, -0.15) is 0 Å². The van der Waals surface area contributed by atoms with E-state index in [2.05, 4.69) is 6.92 Å². The van der Waals surface area contributed by atoms with Gasteiger partial charge in [0, 0.05) is 0 Å². The maximum Gasteiger partial charge on any atom is 0.150 e. The fourth-order valence-corrected chi connectivity index (χ4v) is 3.18. The van der Waals surface area contributed by atoms with Gasteiger partial charge in [-0.1, -0.05) is 103 Å². The van der Waals surface area contributed by atoms with Crippen LogP contribution >= 0.6 is 0 Å². The summed E-state index contributed by atoms with van der Waals surface area (Å²) < 4.78 is 0. The molecule has 0 aliphatic carbocycles. The predicted octanol–water partition coefficient (Wildman–Crippen LogP) is 6.85. The molecule has 3 heteroatoms. The van der Waals surface area contributed by atoms with E-state index in [1.165, 1.54) is 70.6 Å². The molecule has 1 aromatic carbocycles. The summed E-state index contributed by atoms with van der Waals surface area (Å²) in [7, 11) is 0. The number of rotatable bonds is 17. The molecule has 1 atom stereocenters. The Morgan fingerprint density at radius 3 is 1.77 bits per heavy atom. The predicted molar refractivity (Wildman–Crippen MR) is 112 cm³/mol. The largest absolute Gasteiger partial charge is 0.371 e. The second-order valence-corrected chi connectivity index (χ2v) is 7.27. The Bertz CT molecular complexity index is 410. The molecular formula is C23H41NO2. The lowest BCUT2D eigenvalue weighted by Crippen LogP contribution is -2.35. The number of unbranched alkanes of at least 4 members (excludes halogenated alkanes) is 11. The zero-order valence-electron chi connectivity index (χ0n) is 17.2. The molecular weight excluding hydrogens is 322 g/mol. The molecule has 26 heavy (non-hydrogen) atoms. The van der Waals surface area contributed by atoms with Crippen LogP contribution in [0.4, 0.5) is 5.69 Å². The number of anilines is 1. The third kappa shape index (κ3) is 10.8. The number of hydroxylamine groups is 1. The van der Waals surface area contributed by atoms with Crippen LogP contribution in [-0.2, 0) is 4.84 Å². The minimum absolute atomic E-state index is 0.588. The monoisotopic (exact) mass is 363 g/mol. The van der Waals surface area contributed by atoms with E-state index in [1.54, 1.807) is 5.06 Å². The number of aliphatic hydroxyl groups excluding tert-OH is 1. The van der Waals surface area contributed by atoms with Crippen molar-refractivity contribution in [3.8, 4) is 0 Å². The zero-order valence-corrected chi connectivity index (χ0v) is 17.2. The molecule has 0 bridgehead atoms. The molecule has 150 valence electrons. The molecule has 0 radical (unpaired) electrons. The smallest absolute Gasteiger partial charge is 0.150 e. The Labute approximate surface area is 161 Å². The van der Waals surface area contributed by atoms with Gasteiger partial charge in [0.1, 0.15) is 0 Å². The van der Waals surface area contributed by atoms with E-state index in [9.17, 15) is 5.11 Å². The molecule has 0 amide bonds. The van der Waals surface area contributed by atoms with Gasteiger partial charge in [-0.15, -0.1) is 0 Å². The van der Waals surface area contributed by atoms with E-state index in [0.717, 1.165) is 12.1 Å². The lowest BCUT2D eigenvalue weighted by molar-refractivity contribution is 0.00449. The number of hydrogen-bond donors (Lipinski definition) is 1. The van der Waals surface area contributed by atoms with Crippen LogP contribution in [0.1, 0.15) is 97.3 Å². The number of nitrogens with zero attached hydrogens (tertiary/aromatic N) is 1. The molecule has 0 spiro atoms. The van der Waals surface area contributed by atoms with Crippen molar-refractivity contribution in [2.24, 2.45) is 0 Å². The summed E-state index contributed by atoms with van der Waals surface area (Å²) in [5.41, 5.74) is 0.917. The second-order valence-electron chi connectivity index (χ2n) is 7.27. The van der Waals surface area contributed by atoms with Crippen LogP contribution in [0.25, 0.3) is 0 Å². The number of para-hydroxylation sites is 1. The molecule has 1 unspecified atom stereocenters. The first-order chi connectivity index (χ1) is 12.8. The van der Waals surface area contributed by atoms with Crippen LogP contribution in [0.2, 0.25) is 0 Å². The maximum atomic E-state index is 10.2. The molecule has 0 aliphatic heterocycles. The quantitative estimate of drug-likeness (QED) is 0.186. The molecule has 0 saturated heterocycles. The van der Waals surface area contributed by atoms with Gasteiger partial charge in [0.05, 0.1) is 12.3 Å². The van der Waals surface area contributed by atoms with Crippen LogP contribution < -0.4 is 5.06 Å². The average Bonchev–Trinajstić information content (AvgIpc) is 2.68. The normalized spacial score (nSPS) is 12.3. The Kier molecular flexibility index (Phi) is 14.3. The molecule has 0 saturated carbocycles. The fourth-order valence-electron chi connectivity index (χ4n) is 3.18. The van der Waals surface area contributed by atoms with Crippen molar-refractivity contribution in [1.82, 2.24) is 0 Å². The highest BCUT2D eigenvalue weighted by Crippen LogP contribution is 2.18. The van der Waals surface area contributed by atoms with Gasteiger partial charge in [-0.05, 0) is 25.0 Å². The molecule has 3 nitrogen and oxygen atoms in total. The van der Waals surface area contributed by atoms with Gasteiger partial charge in [-0.3, -0.25) is 4.84 Å². The van der Waals surface area contributed by atoms with Crippen LogP contribution in [0.3, 0.4) is 0 Å². The van der Waals surface area contributed by atoms with Gasteiger partial charge in [0.25, 0.3) is 0 Å². The zero-order chi connectivity index (χ0) is 18.9.